The van der Waals surface area contributed by atoms with E-state index >= 15 is 0 Å². The molecule has 0 spiro atoms. The first-order chi connectivity index (χ1) is 13.7. The summed E-state index contributed by atoms with van der Waals surface area (Å²) in [4.78, 5) is 29.3. The van der Waals surface area contributed by atoms with Crippen LogP contribution in [0.3, 0.4) is 0 Å². The Morgan fingerprint density at radius 1 is 1.34 bits per heavy atom. The SMILES string of the molecule is CC(C)(C)OC(=O)N1CCCC(CCNC(=O)Cc2c[nH]c3cc(F)ccc23)C1. The molecule has 2 amide bonds. The standard InChI is InChI=1S/C22H30FN3O3/c1-22(2,3)29-21(28)26-10-4-5-15(14-26)8-9-24-20(27)11-16-13-25-19-12-17(23)6-7-18(16)19/h6-7,12-13,15,25H,4-5,8-11,14H2,1-3H3,(H,24,27). The molecule has 0 aliphatic carbocycles. The average molecular weight is 403 g/mol. The number of H-pyrrole nitrogens is 1. The van der Waals surface area contributed by atoms with Crippen molar-refractivity contribution in [3.63, 3.8) is 0 Å². The van der Waals surface area contributed by atoms with Gasteiger partial charge in [0, 0.05) is 36.7 Å². The molecule has 6 nitrogen and oxygen atoms in total. The predicted octanol–water partition coefficient (Wildman–Crippen LogP) is 4.00. The molecule has 1 aliphatic heterocycles. The lowest BCUT2D eigenvalue weighted by atomic mass is 9.95. The average Bonchev–Trinajstić information content (AvgIpc) is 3.02. The monoisotopic (exact) mass is 403 g/mol. The number of benzene rings is 1. The molecular formula is C22H30FN3O3. The van der Waals surface area contributed by atoms with Gasteiger partial charge in [-0.15, -0.1) is 0 Å². The zero-order valence-corrected chi connectivity index (χ0v) is 17.4. The fraction of sp³-hybridized carbons (Fsp3) is 0.545. The third-order valence-corrected chi connectivity index (χ3v) is 5.13. The summed E-state index contributed by atoms with van der Waals surface area (Å²) in [5.74, 6) is -0.00840. The number of hydrogen-bond acceptors (Lipinski definition) is 3. The van der Waals surface area contributed by atoms with Crippen LogP contribution >= 0.6 is 0 Å². The minimum Gasteiger partial charge on any atom is -0.444 e. The summed E-state index contributed by atoms with van der Waals surface area (Å²) in [5.41, 5.74) is 1.05. The fourth-order valence-electron chi connectivity index (χ4n) is 3.75. The first-order valence-electron chi connectivity index (χ1n) is 10.2. The number of carbonyl (C=O) groups is 2. The molecule has 1 unspecified atom stereocenters. The number of amides is 2. The number of nitrogens with one attached hydrogen (secondary N) is 2. The van der Waals surface area contributed by atoms with Crippen molar-refractivity contribution in [1.82, 2.24) is 15.2 Å². The van der Waals surface area contributed by atoms with Gasteiger partial charge in [0.1, 0.15) is 11.4 Å². The largest absolute Gasteiger partial charge is 0.444 e. The maximum Gasteiger partial charge on any atom is 0.410 e. The van der Waals surface area contributed by atoms with E-state index in [1.807, 2.05) is 20.8 Å². The number of hydrogen-bond donors (Lipinski definition) is 2. The van der Waals surface area contributed by atoms with Gasteiger partial charge in [0.25, 0.3) is 0 Å². The van der Waals surface area contributed by atoms with E-state index in [1.165, 1.54) is 12.1 Å². The van der Waals surface area contributed by atoms with Crippen molar-refractivity contribution in [2.75, 3.05) is 19.6 Å². The van der Waals surface area contributed by atoms with Crippen LogP contribution in [0.25, 0.3) is 10.9 Å². The van der Waals surface area contributed by atoms with Crippen molar-refractivity contribution in [2.24, 2.45) is 5.92 Å². The molecule has 0 saturated carbocycles. The Bertz CT molecular complexity index is 872. The topological polar surface area (TPSA) is 74.4 Å². The van der Waals surface area contributed by atoms with Crippen LogP contribution < -0.4 is 5.32 Å². The van der Waals surface area contributed by atoms with E-state index in [2.05, 4.69) is 10.3 Å². The molecule has 158 valence electrons. The normalized spacial score (nSPS) is 17.4. The molecular weight excluding hydrogens is 373 g/mol. The van der Waals surface area contributed by atoms with Crippen molar-refractivity contribution in [3.05, 3.63) is 35.8 Å². The van der Waals surface area contributed by atoms with Crippen molar-refractivity contribution in [3.8, 4) is 0 Å². The highest BCUT2D eigenvalue weighted by molar-refractivity contribution is 5.88. The smallest absolute Gasteiger partial charge is 0.410 e. The quantitative estimate of drug-likeness (QED) is 0.792. The van der Waals surface area contributed by atoms with Gasteiger partial charge in [-0.25, -0.2) is 9.18 Å². The minimum absolute atomic E-state index is 0.0602. The van der Waals surface area contributed by atoms with Gasteiger partial charge in [-0.2, -0.15) is 0 Å². The maximum atomic E-state index is 13.3. The zero-order valence-electron chi connectivity index (χ0n) is 17.4. The molecule has 3 rings (SSSR count). The number of nitrogens with zero attached hydrogens (tertiary/aromatic N) is 1. The van der Waals surface area contributed by atoms with E-state index in [-0.39, 0.29) is 24.2 Å². The van der Waals surface area contributed by atoms with Crippen LogP contribution in [0.5, 0.6) is 0 Å². The Morgan fingerprint density at radius 3 is 2.90 bits per heavy atom. The van der Waals surface area contributed by atoms with Crippen LogP contribution in [-0.4, -0.2) is 47.1 Å². The molecule has 2 aromatic rings. The Hall–Kier alpha value is -2.57. The van der Waals surface area contributed by atoms with E-state index in [1.54, 1.807) is 17.2 Å². The Labute approximate surface area is 170 Å². The predicted molar refractivity (Wildman–Crippen MR) is 110 cm³/mol. The highest BCUT2D eigenvalue weighted by Crippen LogP contribution is 2.22. The summed E-state index contributed by atoms with van der Waals surface area (Å²) < 4.78 is 18.7. The lowest BCUT2D eigenvalue weighted by Crippen LogP contribution is -2.43. The highest BCUT2D eigenvalue weighted by atomic mass is 19.1. The number of aromatic nitrogens is 1. The summed E-state index contributed by atoms with van der Waals surface area (Å²) in [7, 11) is 0. The molecule has 1 fully saturated rings. The number of rotatable bonds is 5. The van der Waals surface area contributed by atoms with Gasteiger partial charge < -0.3 is 19.9 Å². The van der Waals surface area contributed by atoms with Gasteiger partial charge in [-0.05, 0) is 69.7 Å². The molecule has 2 heterocycles. The zero-order chi connectivity index (χ0) is 21.0. The summed E-state index contributed by atoms with van der Waals surface area (Å²) >= 11 is 0. The van der Waals surface area contributed by atoms with Crippen LogP contribution in [-0.2, 0) is 16.0 Å². The molecule has 2 N–H and O–H groups in total. The third kappa shape index (κ3) is 5.95. The number of piperidine rings is 1. The molecule has 0 radical (unpaired) electrons. The van der Waals surface area contributed by atoms with Gasteiger partial charge in [-0.3, -0.25) is 4.79 Å². The molecule has 7 heteroatoms. The van der Waals surface area contributed by atoms with Crippen molar-refractivity contribution in [1.29, 1.82) is 0 Å². The van der Waals surface area contributed by atoms with E-state index in [9.17, 15) is 14.0 Å². The van der Waals surface area contributed by atoms with E-state index in [4.69, 9.17) is 4.74 Å². The number of halogens is 1. The number of ether oxygens (including phenoxy) is 1. The lowest BCUT2D eigenvalue weighted by Gasteiger charge is -2.34. The number of likely N-dealkylation sites (tertiary alicyclic amines) is 1. The van der Waals surface area contributed by atoms with Crippen molar-refractivity contribution in [2.45, 2.75) is 52.1 Å². The van der Waals surface area contributed by atoms with Crippen LogP contribution in [0.4, 0.5) is 9.18 Å². The van der Waals surface area contributed by atoms with Gasteiger partial charge in [-0.1, -0.05) is 0 Å². The van der Waals surface area contributed by atoms with Crippen LogP contribution in [0.1, 0.15) is 45.6 Å². The Balaban J connectivity index is 1.44. The molecule has 0 bridgehead atoms. The molecule has 1 aromatic carbocycles. The second kappa shape index (κ2) is 8.84. The highest BCUT2D eigenvalue weighted by Gasteiger charge is 2.27. The summed E-state index contributed by atoms with van der Waals surface area (Å²) in [6.07, 6.45) is 4.56. The molecule has 1 saturated heterocycles. The van der Waals surface area contributed by atoms with E-state index < -0.39 is 5.60 Å². The maximum absolute atomic E-state index is 13.3. The minimum atomic E-state index is -0.494. The third-order valence-electron chi connectivity index (χ3n) is 5.13. The van der Waals surface area contributed by atoms with Crippen LogP contribution in [0.2, 0.25) is 0 Å². The lowest BCUT2D eigenvalue weighted by molar-refractivity contribution is -0.120. The fourth-order valence-corrected chi connectivity index (χ4v) is 3.75. The van der Waals surface area contributed by atoms with Crippen LogP contribution in [0.15, 0.2) is 24.4 Å². The molecule has 1 atom stereocenters. The van der Waals surface area contributed by atoms with E-state index in [0.29, 0.717) is 24.5 Å². The number of carbonyl (C=O) groups excluding carboxylic acids is 2. The molecule has 29 heavy (non-hydrogen) atoms. The van der Waals surface area contributed by atoms with Gasteiger partial charge in [0.05, 0.1) is 6.42 Å². The van der Waals surface area contributed by atoms with Gasteiger partial charge >= 0.3 is 6.09 Å². The summed E-state index contributed by atoms with van der Waals surface area (Å²) in [5, 5.41) is 3.83. The second-order valence-electron chi connectivity index (χ2n) is 8.75. The van der Waals surface area contributed by atoms with E-state index in [0.717, 1.165) is 36.8 Å². The molecule has 1 aliphatic rings. The summed E-state index contributed by atoms with van der Waals surface area (Å²) in [6, 6.07) is 4.52. The molecule has 1 aromatic heterocycles. The van der Waals surface area contributed by atoms with Gasteiger partial charge in [0.2, 0.25) is 5.91 Å². The Kier molecular flexibility index (Phi) is 6.45. The first kappa shape index (κ1) is 21.1. The van der Waals surface area contributed by atoms with Gasteiger partial charge in [0.15, 0.2) is 0 Å². The van der Waals surface area contributed by atoms with Crippen molar-refractivity contribution >= 4 is 22.9 Å². The number of aromatic amines is 1. The van der Waals surface area contributed by atoms with Crippen LogP contribution in [0, 0.1) is 11.7 Å². The first-order valence-corrected chi connectivity index (χ1v) is 10.2. The summed E-state index contributed by atoms with van der Waals surface area (Å²) in [6.45, 7) is 7.56. The second-order valence-corrected chi connectivity index (χ2v) is 8.75. The Morgan fingerprint density at radius 2 is 2.14 bits per heavy atom. The number of fused-ring (bicyclic) bond motifs is 1. The van der Waals surface area contributed by atoms with Crippen molar-refractivity contribution < 1.29 is 18.7 Å².